The Labute approximate surface area is 159 Å². The first kappa shape index (κ1) is 18.6. The van der Waals surface area contributed by atoms with E-state index < -0.39 is 0 Å². The summed E-state index contributed by atoms with van der Waals surface area (Å²) in [6.45, 7) is 4.50. The highest BCUT2D eigenvalue weighted by atomic mass is 16.1. The van der Waals surface area contributed by atoms with Gasteiger partial charge in [0.15, 0.2) is 0 Å². The highest BCUT2D eigenvalue weighted by Crippen LogP contribution is 2.14. The fraction of sp³-hybridized carbons (Fsp3) is 0.227. The van der Waals surface area contributed by atoms with Gasteiger partial charge in [-0.1, -0.05) is 48.0 Å². The van der Waals surface area contributed by atoms with Gasteiger partial charge in [0.25, 0.3) is 5.91 Å². The molecule has 2 N–H and O–H groups in total. The van der Waals surface area contributed by atoms with Crippen molar-refractivity contribution in [2.24, 2.45) is 0 Å². The number of rotatable bonds is 7. The Kier molecular flexibility index (Phi) is 6.15. The van der Waals surface area contributed by atoms with Crippen LogP contribution >= 0.6 is 0 Å². The molecule has 0 aliphatic rings. The quantitative estimate of drug-likeness (QED) is 0.620. The number of nitrogens with one attached hydrogen (secondary N) is 2. The molecule has 2 aromatic carbocycles. The van der Waals surface area contributed by atoms with Gasteiger partial charge in [0.05, 0.1) is 0 Å². The summed E-state index contributed by atoms with van der Waals surface area (Å²) in [4.78, 5) is 21.2. The van der Waals surface area contributed by atoms with Gasteiger partial charge in [-0.3, -0.25) is 4.79 Å². The SMILES string of the molecule is Cc1ccc(Nc2nc(C)cc(C(=O)NCCCc3ccccc3)n2)cc1. The maximum absolute atomic E-state index is 12.4. The average molecular weight is 360 g/mol. The van der Waals surface area contributed by atoms with Crippen molar-refractivity contribution in [2.45, 2.75) is 26.7 Å². The number of hydrogen-bond donors (Lipinski definition) is 2. The number of aryl methyl sites for hydroxylation is 3. The fourth-order valence-corrected chi connectivity index (χ4v) is 2.74. The molecular weight excluding hydrogens is 336 g/mol. The van der Waals surface area contributed by atoms with Crippen molar-refractivity contribution in [2.75, 3.05) is 11.9 Å². The van der Waals surface area contributed by atoms with Crippen LogP contribution in [0.5, 0.6) is 0 Å². The topological polar surface area (TPSA) is 66.9 Å². The molecular formula is C22H24N4O. The highest BCUT2D eigenvalue weighted by Gasteiger charge is 2.10. The number of anilines is 2. The van der Waals surface area contributed by atoms with Crippen LogP contribution in [0.25, 0.3) is 0 Å². The maximum atomic E-state index is 12.4. The standard InChI is InChI=1S/C22H24N4O/c1-16-10-12-19(13-11-16)25-22-24-17(2)15-20(26-22)21(27)23-14-6-9-18-7-4-3-5-8-18/h3-5,7-8,10-13,15H,6,9,14H2,1-2H3,(H,23,27)(H,24,25,26). The van der Waals surface area contributed by atoms with Crippen molar-refractivity contribution in [3.63, 3.8) is 0 Å². The van der Waals surface area contributed by atoms with E-state index in [1.165, 1.54) is 11.1 Å². The predicted octanol–water partition coefficient (Wildman–Crippen LogP) is 4.20. The van der Waals surface area contributed by atoms with Crippen LogP contribution in [0.15, 0.2) is 60.7 Å². The molecule has 0 saturated heterocycles. The maximum Gasteiger partial charge on any atom is 0.270 e. The molecule has 0 saturated carbocycles. The second kappa shape index (κ2) is 8.94. The van der Waals surface area contributed by atoms with Gasteiger partial charge in [-0.25, -0.2) is 9.97 Å². The molecule has 27 heavy (non-hydrogen) atoms. The first-order valence-corrected chi connectivity index (χ1v) is 9.12. The van der Waals surface area contributed by atoms with Crippen LogP contribution in [0.1, 0.15) is 33.7 Å². The summed E-state index contributed by atoms with van der Waals surface area (Å²) < 4.78 is 0. The van der Waals surface area contributed by atoms with Crippen molar-refractivity contribution in [3.8, 4) is 0 Å². The van der Waals surface area contributed by atoms with Crippen molar-refractivity contribution < 1.29 is 4.79 Å². The Hall–Kier alpha value is -3.21. The van der Waals surface area contributed by atoms with Crippen molar-refractivity contribution in [1.82, 2.24) is 15.3 Å². The van der Waals surface area contributed by atoms with Crippen LogP contribution in [-0.2, 0) is 6.42 Å². The molecule has 0 fully saturated rings. The van der Waals surface area contributed by atoms with Crippen molar-refractivity contribution >= 4 is 17.5 Å². The molecule has 0 bridgehead atoms. The summed E-state index contributed by atoms with van der Waals surface area (Å²) in [7, 11) is 0. The second-order valence-corrected chi connectivity index (χ2v) is 6.55. The second-order valence-electron chi connectivity index (χ2n) is 6.55. The van der Waals surface area contributed by atoms with Gasteiger partial charge >= 0.3 is 0 Å². The highest BCUT2D eigenvalue weighted by molar-refractivity contribution is 5.92. The largest absolute Gasteiger partial charge is 0.351 e. The molecule has 0 radical (unpaired) electrons. The molecule has 1 heterocycles. The number of amides is 1. The number of nitrogens with zero attached hydrogens (tertiary/aromatic N) is 2. The van der Waals surface area contributed by atoms with E-state index in [1.54, 1.807) is 6.07 Å². The molecule has 0 unspecified atom stereocenters. The van der Waals surface area contributed by atoms with E-state index in [-0.39, 0.29) is 5.91 Å². The van der Waals surface area contributed by atoms with E-state index in [0.29, 0.717) is 18.2 Å². The van der Waals surface area contributed by atoms with Gasteiger partial charge in [-0.15, -0.1) is 0 Å². The van der Waals surface area contributed by atoms with E-state index >= 15 is 0 Å². The van der Waals surface area contributed by atoms with E-state index in [4.69, 9.17) is 0 Å². The van der Waals surface area contributed by atoms with E-state index in [9.17, 15) is 4.79 Å². The summed E-state index contributed by atoms with van der Waals surface area (Å²) in [5.41, 5.74) is 4.46. The Bertz CT molecular complexity index is 892. The van der Waals surface area contributed by atoms with Crippen molar-refractivity contribution in [3.05, 3.63) is 83.2 Å². The number of aromatic nitrogens is 2. The number of hydrogen-bond acceptors (Lipinski definition) is 4. The lowest BCUT2D eigenvalue weighted by molar-refractivity contribution is 0.0948. The molecule has 1 aromatic heterocycles. The van der Waals surface area contributed by atoms with Gasteiger partial charge in [-0.05, 0) is 50.5 Å². The third-order valence-electron chi connectivity index (χ3n) is 4.17. The van der Waals surface area contributed by atoms with Gasteiger partial charge in [0.2, 0.25) is 5.95 Å². The van der Waals surface area contributed by atoms with Gasteiger partial charge in [0.1, 0.15) is 5.69 Å². The zero-order chi connectivity index (χ0) is 19.1. The molecule has 0 aliphatic heterocycles. The summed E-state index contributed by atoms with van der Waals surface area (Å²) in [5.74, 6) is 0.244. The van der Waals surface area contributed by atoms with E-state index in [0.717, 1.165) is 24.2 Å². The first-order valence-electron chi connectivity index (χ1n) is 9.12. The molecule has 5 heteroatoms. The molecule has 0 aliphatic carbocycles. The third-order valence-corrected chi connectivity index (χ3v) is 4.17. The number of carbonyl (C=O) groups is 1. The zero-order valence-corrected chi connectivity index (χ0v) is 15.7. The summed E-state index contributed by atoms with van der Waals surface area (Å²) in [6, 6.07) is 19.9. The Balaban J connectivity index is 1.57. The third kappa shape index (κ3) is 5.64. The first-order chi connectivity index (χ1) is 13.1. The van der Waals surface area contributed by atoms with Crippen LogP contribution in [0, 0.1) is 13.8 Å². The van der Waals surface area contributed by atoms with Gasteiger partial charge in [0, 0.05) is 17.9 Å². The molecule has 3 aromatic rings. The Morgan fingerprint density at radius 1 is 0.963 bits per heavy atom. The summed E-state index contributed by atoms with van der Waals surface area (Å²) in [5, 5.41) is 6.09. The van der Waals surface area contributed by atoms with Gasteiger partial charge in [-0.2, -0.15) is 0 Å². The van der Waals surface area contributed by atoms with Crippen LogP contribution in [0.4, 0.5) is 11.6 Å². The minimum Gasteiger partial charge on any atom is -0.351 e. The monoisotopic (exact) mass is 360 g/mol. The Morgan fingerprint density at radius 3 is 2.44 bits per heavy atom. The summed E-state index contributed by atoms with van der Waals surface area (Å²) in [6.07, 6.45) is 1.82. The lowest BCUT2D eigenvalue weighted by atomic mass is 10.1. The lowest BCUT2D eigenvalue weighted by Crippen LogP contribution is -2.26. The van der Waals surface area contributed by atoms with E-state index in [2.05, 4.69) is 32.7 Å². The van der Waals surface area contributed by atoms with Crippen LogP contribution in [-0.4, -0.2) is 22.4 Å². The molecule has 3 rings (SSSR count). The van der Waals surface area contributed by atoms with Crippen molar-refractivity contribution in [1.29, 1.82) is 0 Å². The summed E-state index contributed by atoms with van der Waals surface area (Å²) >= 11 is 0. The molecule has 138 valence electrons. The molecule has 0 atom stereocenters. The normalized spacial score (nSPS) is 10.4. The average Bonchev–Trinajstić information content (AvgIpc) is 2.67. The van der Waals surface area contributed by atoms with Crippen LogP contribution in [0.3, 0.4) is 0 Å². The molecule has 1 amide bonds. The van der Waals surface area contributed by atoms with Crippen LogP contribution in [0.2, 0.25) is 0 Å². The predicted molar refractivity (Wildman–Crippen MR) is 108 cm³/mol. The Morgan fingerprint density at radius 2 is 1.70 bits per heavy atom. The van der Waals surface area contributed by atoms with Gasteiger partial charge < -0.3 is 10.6 Å². The minimum absolute atomic E-state index is 0.180. The number of carbonyl (C=O) groups excluding carboxylic acids is 1. The minimum atomic E-state index is -0.180. The van der Waals surface area contributed by atoms with Crippen LogP contribution < -0.4 is 10.6 Å². The molecule has 0 spiro atoms. The molecule has 5 nitrogen and oxygen atoms in total. The smallest absolute Gasteiger partial charge is 0.270 e. The fourth-order valence-electron chi connectivity index (χ4n) is 2.74. The van der Waals surface area contributed by atoms with E-state index in [1.807, 2.05) is 56.3 Å². The number of benzene rings is 2. The zero-order valence-electron chi connectivity index (χ0n) is 15.7. The lowest BCUT2D eigenvalue weighted by Gasteiger charge is -2.09.